The SMILES string of the molecule is CN(C)CCC(=O)c1c[nH]c(C=O)c1. The fraction of sp³-hybridized carbons (Fsp3) is 0.400. The molecule has 1 heterocycles. The van der Waals surface area contributed by atoms with Crippen LogP contribution < -0.4 is 0 Å². The molecule has 0 radical (unpaired) electrons. The molecule has 76 valence electrons. The molecule has 0 aliphatic heterocycles. The highest BCUT2D eigenvalue weighted by Crippen LogP contribution is 2.05. The number of nitrogens with zero attached hydrogens (tertiary/aromatic N) is 1. The van der Waals surface area contributed by atoms with E-state index in [1.807, 2.05) is 19.0 Å². The van der Waals surface area contributed by atoms with Crippen molar-refractivity contribution in [2.24, 2.45) is 0 Å². The molecule has 0 atom stereocenters. The average molecular weight is 194 g/mol. The second-order valence-corrected chi connectivity index (χ2v) is 3.44. The van der Waals surface area contributed by atoms with Crippen molar-refractivity contribution in [2.45, 2.75) is 6.42 Å². The molecular formula is C10H14N2O2. The first-order valence-electron chi connectivity index (χ1n) is 4.45. The van der Waals surface area contributed by atoms with Gasteiger partial charge in [-0.3, -0.25) is 9.59 Å². The molecule has 0 fully saturated rings. The molecule has 0 bridgehead atoms. The maximum Gasteiger partial charge on any atom is 0.166 e. The number of aromatic amines is 1. The molecule has 0 spiro atoms. The van der Waals surface area contributed by atoms with Gasteiger partial charge in [-0.1, -0.05) is 0 Å². The molecule has 0 unspecified atom stereocenters. The second kappa shape index (κ2) is 4.72. The zero-order chi connectivity index (χ0) is 10.6. The van der Waals surface area contributed by atoms with E-state index < -0.39 is 0 Å². The number of aldehydes is 1. The lowest BCUT2D eigenvalue weighted by atomic mass is 10.1. The average Bonchev–Trinajstić information content (AvgIpc) is 2.62. The van der Waals surface area contributed by atoms with Crippen molar-refractivity contribution in [3.8, 4) is 0 Å². The number of Topliss-reactive ketones (excluding diaryl/α,β-unsaturated/α-hetero) is 1. The van der Waals surface area contributed by atoms with Gasteiger partial charge in [-0.25, -0.2) is 0 Å². The Bertz CT molecular complexity index is 329. The van der Waals surface area contributed by atoms with Crippen molar-refractivity contribution in [1.29, 1.82) is 0 Å². The van der Waals surface area contributed by atoms with E-state index in [1.165, 1.54) is 0 Å². The summed E-state index contributed by atoms with van der Waals surface area (Å²) in [5.74, 6) is 0.0584. The Morgan fingerprint density at radius 1 is 1.57 bits per heavy atom. The summed E-state index contributed by atoms with van der Waals surface area (Å²) in [4.78, 5) is 26.5. The number of hydrogen-bond donors (Lipinski definition) is 1. The molecule has 1 rings (SSSR count). The molecule has 4 nitrogen and oxygen atoms in total. The number of ketones is 1. The summed E-state index contributed by atoms with van der Waals surface area (Å²) in [5, 5.41) is 0. The van der Waals surface area contributed by atoms with Crippen LogP contribution in [0.1, 0.15) is 27.3 Å². The van der Waals surface area contributed by atoms with Gasteiger partial charge in [0.25, 0.3) is 0 Å². The normalized spacial score (nSPS) is 10.5. The third-order valence-corrected chi connectivity index (χ3v) is 1.94. The van der Waals surface area contributed by atoms with Gasteiger partial charge in [0, 0.05) is 24.7 Å². The summed E-state index contributed by atoms with van der Waals surface area (Å²) < 4.78 is 0. The van der Waals surface area contributed by atoms with Crippen molar-refractivity contribution in [3.63, 3.8) is 0 Å². The lowest BCUT2D eigenvalue weighted by Crippen LogP contribution is -2.16. The minimum absolute atomic E-state index is 0.0584. The van der Waals surface area contributed by atoms with Crippen molar-refractivity contribution in [3.05, 3.63) is 23.5 Å². The van der Waals surface area contributed by atoms with Crippen molar-refractivity contribution < 1.29 is 9.59 Å². The number of H-pyrrole nitrogens is 1. The van der Waals surface area contributed by atoms with Crippen LogP contribution in [0.5, 0.6) is 0 Å². The maximum absolute atomic E-state index is 11.5. The molecule has 0 saturated carbocycles. The molecule has 0 saturated heterocycles. The summed E-state index contributed by atoms with van der Waals surface area (Å²) in [7, 11) is 3.84. The van der Waals surface area contributed by atoms with E-state index in [9.17, 15) is 9.59 Å². The summed E-state index contributed by atoms with van der Waals surface area (Å²) in [6, 6.07) is 1.57. The van der Waals surface area contributed by atoms with Gasteiger partial charge in [0.1, 0.15) is 0 Å². The van der Waals surface area contributed by atoms with E-state index in [2.05, 4.69) is 4.98 Å². The van der Waals surface area contributed by atoms with Crippen LogP contribution in [-0.2, 0) is 0 Å². The number of rotatable bonds is 5. The first-order valence-corrected chi connectivity index (χ1v) is 4.45. The van der Waals surface area contributed by atoms with E-state index in [-0.39, 0.29) is 5.78 Å². The Labute approximate surface area is 82.9 Å². The fourth-order valence-corrected chi connectivity index (χ4v) is 1.11. The van der Waals surface area contributed by atoms with Gasteiger partial charge in [0.2, 0.25) is 0 Å². The standard InChI is InChI=1S/C10H14N2O2/c1-12(2)4-3-10(14)8-5-9(7-13)11-6-8/h5-7,11H,3-4H2,1-2H3. The Morgan fingerprint density at radius 2 is 2.29 bits per heavy atom. The van der Waals surface area contributed by atoms with E-state index >= 15 is 0 Å². The Kier molecular flexibility index (Phi) is 3.59. The van der Waals surface area contributed by atoms with E-state index in [0.29, 0.717) is 24.0 Å². The van der Waals surface area contributed by atoms with Crippen LogP contribution in [0.15, 0.2) is 12.3 Å². The third-order valence-electron chi connectivity index (χ3n) is 1.94. The van der Waals surface area contributed by atoms with Gasteiger partial charge >= 0.3 is 0 Å². The summed E-state index contributed by atoms with van der Waals surface area (Å²) in [5.41, 5.74) is 1.02. The molecule has 1 aromatic rings. The lowest BCUT2D eigenvalue weighted by molar-refractivity contribution is 0.0972. The number of nitrogens with one attached hydrogen (secondary N) is 1. The van der Waals surface area contributed by atoms with Crippen LogP contribution in [0.2, 0.25) is 0 Å². The predicted octanol–water partition coefficient (Wildman–Crippen LogP) is 0.962. The van der Waals surface area contributed by atoms with Crippen LogP contribution in [0.3, 0.4) is 0 Å². The van der Waals surface area contributed by atoms with Gasteiger partial charge in [-0.2, -0.15) is 0 Å². The molecular weight excluding hydrogens is 180 g/mol. The van der Waals surface area contributed by atoms with Gasteiger partial charge in [0.05, 0.1) is 5.69 Å². The number of aromatic nitrogens is 1. The Balaban J connectivity index is 2.56. The second-order valence-electron chi connectivity index (χ2n) is 3.44. The molecule has 0 aromatic carbocycles. The number of carbonyl (C=O) groups excluding carboxylic acids is 2. The fourth-order valence-electron chi connectivity index (χ4n) is 1.11. The Morgan fingerprint density at radius 3 is 2.79 bits per heavy atom. The highest BCUT2D eigenvalue weighted by atomic mass is 16.1. The quantitative estimate of drug-likeness (QED) is 0.561. The molecule has 1 aromatic heterocycles. The van der Waals surface area contributed by atoms with Gasteiger partial charge in [-0.15, -0.1) is 0 Å². The molecule has 4 heteroatoms. The number of carbonyl (C=O) groups is 2. The van der Waals surface area contributed by atoms with E-state index in [0.717, 1.165) is 6.54 Å². The van der Waals surface area contributed by atoms with E-state index in [1.54, 1.807) is 12.3 Å². The molecule has 1 N–H and O–H groups in total. The van der Waals surface area contributed by atoms with Crippen molar-refractivity contribution in [1.82, 2.24) is 9.88 Å². The molecule has 0 aliphatic carbocycles. The summed E-state index contributed by atoms with van der Waals surface area (Å²) in [6.07, 6.45) is 2.74. The predicted molar refractivity (Wildman–Crippen MR) is 53.7 cm³/mol. The van der Waals surface area contributed by atoms with Crippen LogP contribution in [0.25, 0.3) is 0 Å². The van der Waals surface area contributed by atoms with Gasteiger partial charge in [0.15, 0.2) is 12.1 Å². The van der Waals surface area contributed by atoms with Crippen LogP contribution in [0, 0.1) is 0 Å². The summed E-state index contributed by atoms with van der Waals surface area (Å²) in [6.45, 7) is 0.723. The topological polar surface area (TPSA) is 53.2 Å². The Hall–Kier alpha value is -1.42. The van der Waals surface area contributed by atoms with Crippen LogP contribution in [0.4, 0.5) is 0 Å². The van der Waals surface area contributed by atoms with Crippen molar-refractivity contribution in [2.75, 3.05) is 20.6 Å². The summed E-state index contributed by atoms with van der Waals surface area (Å²) >= 11 is 0. The monoisotopic (exact) mass is 194 g/mol. The first-order chi connectivity index (χ1) is 6.63. The van der Waals surface area contributed by atoms with Crippen molar-refractivity contribution >= 4 is 12.1 Å². The largest absolute Gasteiger partial charge is 0.358 e. The van der Waals surface area contributed by atoms with E-state index in [4.69, 9.17) is 0 Å². The van der Waals surface area contributed by atoms with Gasteiger partial charge in [-0.05, 0) is 20.2 Å². The minimum Gasteiger partial charge on any atom is -0.358 e. The molecule has 14 heavy (non-hydrogen) atoms. The smallest absolute Gasteiger partial charge is 0.166 e. The third kappa shape index (κ3) is 2.81. The first kappa shape index (κ1) is 10.7. The molecule has 0 aliphatic rings. The van der Waals surface area contributed by atoms with Gasteiger partial charge < -0.3 is 9.88 Å². The highest BCUT2D eigenvalue weighted by Gasteiger charge is 2.08. The zero-order valence-corrected chi connectivity index (χ0v) is 8.41. The van der Waals surface area contributed by atoms with Crippen LogP contribution >= 0.6 is 0 Å². The number of hydrogen-bond acceptors (Lipinski definition) is 3. The zero-order valence-electron chi connectivity index (χ0n) is 8.41. The van der Waals surface area contributed by atoms with Crippen LogP contribution in [-0.4, -0.2) is 42.6 Å². The highest BCUT2D eigenvalue weighted by molar-refractivity contribution is 5.97. The maximum atomic E-state index is 11.5. The lowest BCUT2D eigenvalue weighted by Gasteiger charge is -2.06. The molecule has 0 amide bonds. The minimum atomic E-state index is 0.0584.